The van der Waals surface area contributed by atoms with Crippen molar-refractivity contribution in [3.05, 3.63) is 42.2 Å². The zero-order valence-corrected chi connectivity index (χ0v) is 16.0. The van der Waals surface area contributed by atoms with E-state index in [4.69, 9.17) is 11.5 Å². The van der Waals surface area contributed by atoms with E-state index in [2.05, 4.69) is 19.9 Å². The first kappa shape index (κ1) is 18.5. The number of anilines is 1. The number of nitrogens with one attached hydrogen (secondary N) is 1. The monoisotopic (exact) mass is 405 g/mol. The van der Waals surface area contributed by atoms with E-state index < -0.39 is 10.0 Å². The van der Waals surface area contributed by atoms with Crippen molar-refractivity contribution in [1.29, 1.82) is 0 Å². The summed E-state index contributed by atoms with van der Waals surface area (Å²) in [7, 11) is -3.32. The van der Waals surface area contributed by atoms with Gasteiger partial charge in [0.25, 0.3) is 0 Å². The topological polar surface area (TPSA) is 144 Å². The van der Waals surface area contributed by atoms with Crippen LogP contribution in [0.25, 0.3) is 28.1 Å². The van der Waals surface area contributed by atoms with Crippen molar-refractivity contribution in [1.82, 2.24) is 24.2 Å². The number of H-pyrrole nitrogens is 1. The lowest BCUT2D eigenvalue weighted by Crippen LogP contribution is -2.38. The lowest BCUT2D eigenvalue weighted by molar-refractivity contribution is 0.441. The van der Waals surface area contributed by atoms with Crippen LogP contribution in [0.5, 0.6) is 0 Å². The molecule has 0 amide bonds. The van der Waals surface area contributed by atoms with Gasteiger partial charge in [0.05, 0.1) is 28.7 Å². The van der Waals surface area contributed by atoms with Crippen molar-refractivity contribution in [2.75, 3.05) is 31.1 Å². The van der Waals surface area contributed by atoms with E-state index in [9.17, 15) is 8.42 Å². The van der Waals surface area contributed by atoms with Crippen LogP contribution in [-0.2, 0) is 10.0 Å². The number of imidazole rings is 1. The molecule has 152 valence electrons. The predicted molar refractivity (Wildman–Crippen MR) is 115 cm³/mol. The molecule has 0 spiro atoms. The summed E-state index contributed by atoms with van der Waals surface area (Å²) in [6.45, 7) is 0.795. The summed E-state index contributed by atoms with van der Waals surface area (Å²) in [4.78, 5) is 16.7. The fourth-order valence-corrected chi connectivity index (χ4v) is 4.43. The number of nitrogens with two attached hydrogens (primary N) is 2. The van der Waals surface area contributed by atoms with Crippen LogP contribution >= 0.6 is 0 Å². The minimum atomic E-state index is -3.32. The van der Waals surface area contributed by atoms with Gasteiger partial charge in [-0.1, -0.05) is 18.2 Å². The van der Waals surface area contributed by atoms with Crippen LogP contribution in [-0.4, -0.2) is 58.0 Å². The first-order chi connectivity index (χ1) is 13.5. The number of rotatable bonds is 5. The first-order valence-electron chi connectivity index (χ1n) is 8.93. The molecular formula is C18H27N7O2S. The van der Waals surface area contributed by atoms with Gasteiger partial charge in [-0.05, 0) is 24.1 Å². The van der Waals surface area contributed by atoms with E-state index in [-0.39, 0.29) is 22.4 Å². The molecule has 28 heavy (non-hydrogen) atoms. The predicted octanol–water partition coefficient (Wildman–Crippen LogP) is 1.72. The molecule has 0 fully saturated rings. The van der Waals surface area contributed by atoms with E-state index in [1.807, 2.05) is 30.3 Å². The van der Waals surface area contributed by atoms with Gasteiger partial charge in [-0.25, -0.2) is 23.4 Å². The third kappa shape index (κ3) is 3.49. The molecule has 1 aromatic carbocycles. The highest BCUT2D eigenvalue weighted by atomic mass is 32.2. The second-order valence-electron chi connectivity index (χ2n) is 6.53. The zero-order chi connectivity index (χ0) is 19.7. The molecule has 0 saturated heterocycles. The summed E-state index contributed by atoms with van der Waals surface area (Å²) in [5, 5.41) is 0. The smallest absolute Gasteiger partial charge is 0.215 e. The Labute approximate surface area is 167 Å². The quantitative estimate of drug-likeness (QED) is 0.586. The van der Waals surface area contributed by atoms with Gasteiger partial charge in [-0.2, -0.15) is 4.31 Å². The first-order valence-corrected chi connectivity index (χ1v) is 10.5. The van der Waals surface area contributed by atoms with E-state index in [0.717, 1.165) is 16.6 Å². The Balaban J connectivity index is 0.00000160. The molecule has 10 heteroatoms. The van der Waals surface area contributed by atoms with Gasteiger partial charge >= 0.3 is 0 Å². The molecule has 5 N–H and O–H groups in total. The highest BCUT2D eigenvalue weighted by molar-refractivity contribution is 7.89. The summed E-state index contributed by atoms with van der Waals surface area (Å²) in [6, 6.07) is 7.67. The van der Waals surface area contributed by atoms with Crippen LogP contribution in [0, 0.1) is 0 Å². The van der Waals surface area contributed by atoms with Gasteiger partial charge < -0.3 is 16.5 Å². The largest absolute Gasteiger partial charge is 0.382 e. The minimum Gasteiger partial charge on any atom is -0.382 e. The SMILES string of the molecule is NCCS(=O)(=O)N1CC=C(c2cnc(N)c(-c3nc4ccccc4[nH]3)n2)CC1.[HH].[HH].[HH]. The Morgan fingerprint density at radius 1 is 1.25 bits per heavy atom. The fraction of sp³-hybridized carbons (Fsp3) is 0.278. The van der Waals surface area contributed by atoms with Crippen molar-refractivity contribution in [3.8, 4) is 11.5 Å². The number of para-hydroxylation sites is 2. The molecule has 0 atom stereocenters. The van der Waals surface area contributed by atoms with E-state index in [1.165, 1.54) is 4.31 Å². The minimum absolute atomic E-state index is 0. The van der Waals surface area contributed by atoms with Gasteiger partial charge in [-0.3, -0.25) is 0 Å². The summed E-state index contributed by atoms with van der Waals surface area (Å²) in [5.74, 6) is 0.789. The average molecular weight is 406 g/mol. The molecule has 0 bridgehead atoms. The molecule has 0 unspecified atom stereocenters. The van der Waals surface area contributed by atoms with Crippen LogP contribution < -0.4 is 11.5 Å². The van der Waals surface area contributed by atoms with Gasteiger partial charge in [0.2, 0.25) is 10.0 Å². The van der Waals surface area contributed by atoms with Crippen LogP contribution in [0.3, 0.4) is 0 Å². The van der Waals surface area contributed by atoms with Gasteiger partial charge in [0.1, 0.15) is 5.69 Å². The molecule has 0 radical (unpaired) electrons. The van der Waals surface area contributed by atoms with Crippen LogP contribution in [0.15, 0.2) is 36.5 Å². The zero-order valence-electron chi connectivity index (χ0n) is 15.2. The standard InChI is InChI=1S/C18H21N7O2S.3H2/c19-7-10-28(26,27)25-8-5-12(6-9-25)15-11-21-17(20)16(22-15)18-23-13-3-1-2-4-14(13)24-18;;;/h1-5,11H,6-10,19H2,(H2,20,21)(H,23,24);3*1H. The Hall–Kier alpha value is -2.82. The Bertz CT molecular complexity index is 1130. The molecule has 0 aliphatic carbocycles. The number of nitrogens with zero attached hydrogens (tertiary/aromatic N) is 4. The number of nitrogen functional groups attached to an aromatic ring is 1. The number of sulfonamides is 1. The van der Waals surface area contributed by atoms with Crippen LogP contribution in [0.4, 0.5) is 5.82 Å². The molecule has 3 aromatic rings. The van der Waals surface area contributed by atoms with Crippen LogP contribution in [0.1, 0.15) is 16.4 Å². The van der Waals surface area contributed by atoms with Gasteiger partial charge in [-0.15, -0.1) is 0 Å². The van der Waals surface area contributed by atoms with E-state index in [0.29, 0.717) is 36.7 Å². The average Bonchev–Trinajstić information content (AvgIpc) is 3.12. The third-order valence-corrected chi connectivity index (χ3v) is 6.55. The molecule has 4 rings (SSSR count). The van der Waals surface area contributed by atoms with Crippen molar-refractivity contribution in [2.45, 2.75) is 6.42 Å². The lowest BCUT2D eigenvalue weighted by atomic mass is 10.1. The molecule has 1 aliphatic heterocycles. The second kappa shape index (κ2) is 7.30. The number of hydrogen-bond acceptors (Lipinski definition) is 7. The lowest BCUT2D eigenvalue weighted by Gasteiger charge is -2.25. The summed E-state index contributed by atoms with van der Waals surface area (Å²) < 4.78 is 25.8. The van der Waals surface area contributed by atoms with Crippen LogP contribution in [0.2, 0.25) is 0 Å². The number of hydrogen-bond donors (Lipinski definition) is 3. The molecule has 3 heterocycles. The molecule has 9 nitrogen and oxygen atoms in total. The Kier molecular flexibility index (Phi) is 4.84. The third-order valence-electron chi connectivity index (χ3n) is 4.68. The van der Waals surface area contributed by atoms with E-state index in [1.54, 1.807) is 6.20 Å². The Morgan fingerprint density at radius 2 is 2.07 bits per heavy atom. The number of benzene rings is 1. The van der Waals surface area contributed by atoms with Crippen molar-refractivity contribution in [2.24, 2.45) is 5.73 Å². The van der Waals surface area contributed by atoms with Crippen molar-refractivity contribution >= 4 is 32.4 Å². The van der Waals surface area contributed by atoms with Crippen molar-refractivity contribution < 1.29 is 12.7 Å². The van der Waals surface area contributed by atoms with Gasteiger partial charge in [0, 0.05) is 23.9 Å². The maximum atomic E-state index is 12.2. The maximum Gasteiger partial charge on any atom is 0.215 e. The van der Waals surface area contributed by atoms with Gasteiger partial charge in [0.15, 0.2) is 11.6 Å². The highest BCUT2D eigenvalue weighted by Crippen LogP contribution is 2.27. The number of aromatic amines is 1. The summed E-state index contributed by atoms with van der Waals surface area (Å²) >= 11 is 0. The molecule has 1 aliphatic rings. The molecular weight excluding hydrogens is 378 g/mol. The fourth-order valence-electron chi connectivity index (χ4n) is 3.21. The normalized spacial score (nSPS) is 15.7. The number of aromatic nitrogens is 4. The maximum absolute atomic E-state index is 12.2. The Morgan fingerprint density at radius 3 is 2.79 bits per heavy atom. The van der Waals surface area contributed by atoms with Crippen molar-refractivity contribution in [3.63, 3.8) is 0 Å². The summed E-state index contributed by atoms with van der Waals surface area (Å²) in [6.07, 6.45) is 4.01. The second-order valence-corrected chi connectivity index (χ2v) is 8.62. The van der Waals surface area contributed by atoms with E-state index >= 15 is 0 Å². The number of fused-ring (bicyclic) bond motifs is 1. The summed E-state index contributed by atoms with van der Waals surface area (Å²) in [5.41, 5.74) is 15.2. The highest BCUT2D eigenvalue weighted by Gasteiger charge is 2.24. The molecule has 2 aromatic heterocycles. The molecule has 0 saturated carbocycles.